The molecule has 0 radical (unpaired) electrons. The van der Waals surface area contributed by atoms with Crippen LogP contribution in [-0.2, 0) is 6.42 Å². The van der Waals surface area contributed by atoms with Crippen LogP contribution >= 0.6 is 0 Å². The molecule has 2 rings (SSSR count). The lowest BCUT2D eigenvalue weighted by Gasteiger charge is -2.27. The second-order valence-electron chi connectivity index (χ2n) is 5.91. The second kappa shape index (κ2) is 7.65. The van der Waals surface area contributed by atoms with Crippen molar-refractivity contribution in [1.29, 1.82) is 0 Å². The minimum atomic E-state index is -0.476. The normalized spacial score (nSPS) is 18.5. The van der Waals surface area contributed by atoms with Gasteiger partial charge < -0.3 is 15.2 Å². The van der Waals surface area contributed by atoms with Gasteiger partial charge in [0.05, 0.1) is 12.7 Å². The Kier molecular flexibility index (Phi) is 5.86. The summed E-state index contributed by atoms with van der Waals surface area (Å²) in [7, 11) is 1.68. The van der Waals surface area contributed by atoms with Gasteiger partial charge in [0.1, 0.15) is 5.75 Å². The minimum Gasteiger partial charge on any atom is -0.497 e. The molecule has 112 valence electrons. The summed E-state index contributed by atoms with van der Waals surface area (Å²) in [6.45, 7) is 1.64. The molecule has 3 nitrogen and oxygen atoms in total. The van der Waals surface area contributed by atoms with Gasteiger partial charge in [0.15, 0.2) is 0 Å². The lowest BCUT2D eigenvalue weighted by atomic mass is 9.94. The van der Waals surface area contributed by atoms with Gasteiger partial charge in [0, 0.05) is 6.54 Å². The van der Waals surface area contributed by atoms with Crippen LogP contribution in [0.1, 0.15) is 44.1 Å². The van der Waals surface area contributed by atoms with Crippen LogP contribution in [0.15, 0.2) is 24.3 Å². The smallest absolute Gasteiger partial charge is 0.118 e. The highest BCUT2D eigenvalue weighted by molar-refractivity contribution is 5.27. The van der Waals surface area contributed by atoms with Crippen LogP contribution in [0.4, 0.5) is 0 Å². The molecule has 0 aliphatic heterocycles. The summed E-state index contributed by atoms with van der Waals surface area (Å²) < 4.78 is 5.15. The molecule has 0 heterocycles. The van der Waals surface area contributed by atoms with Gasteiger partial charge in [-0.05, 0) is 43.5 Å². The maximum atomic E-state index is 10.5. The van der Waals surface area contributed by atoms with Gasteiger partial charge in [0.2, 0.25) is 0 Å². The molecule has 20 heavy (non-hydrogen) atoms. The second-order valence-corrected chi connectivity index (χ2v) is 5.91. The van der Waals surface area contributed by atoms with Gasteiger partial charge in [-0.15, -0.1) is 0 Å². The Bertz CT molecular complexity index is 380. The van der Waals surface area contributed by atoms with Crippen molar-refractivity contribution in [2.24, 2.45) is 0 Å². The summed E-state index contributed by atoms with van der Waals surface area (Å²) >= 11 is 0. The van der Waals surface area contributed by atoms with Crippen LogP contribution in [0.25, 0.3) is 0 Å². The van der Waals surface area contributed by atoms with Crippen molar-refractivity contribution in [3.8, 4) is 5.75 Å². The zero-order valence-corrected chi connectivity index (χ0v) is 12.5. The van der Waals surface area contributed by atoms with Crippen molar-refractivity contribution in [3.05, 3.63) is 29.8 Å². The molecule has 1 aliphatic rings. The van der Waals surface area contributed by atoms with E-state index in [0.29, 0.717) is 0 Å². The maximum absolute atomic E-state index is 10.5. The summed E-state index contributed by atoms with van der Waals surface area (Å²) in [5.41, 5.74) is 0.822. The molecule has 1 aromatic rings. The number of methoxy groups -OCH3 is 1. The van der Waals surface area contributed by atoms with Gasteiger partial charge in [-0.1, -0.05) is 37.8 Å². The summed E-state index contributed by atoms with van der Waals surface area (Å²) in [5, 5.41) is 14.0. The van der Waals surface area contributed by atoms with Crippen LogP contribution in [0.3, 0.4) is 0 Å². The van der Waals surface area contributed by atoms with E-state index >= 15 is 0 Å². The summed E-state index contributed by atoms with van der Waals surface area (Å²) in [4.78, 5) is 0. The molecule has 0 aromatic heterocycles. The standard InChI is InChI=1S/C17H27NO2/c1-20-16-8-6-15(7-9-16)10-13-18-14-17(19)11-4-2-3-5-12-17/h6-9,18-19H,2-5,10-14H2,1H3. The fourth-order valence-electron chi connectivity index (χ4n) is 2.91. The van der Waals surface area contributed by atoms with Crippen molar-refractivity contribution in [1.82, 2.24) is 5.32 Å². The molecule has 1 fully saturated rings. The lowest BCUT2D eigenvalue weighted by Crippen LogP contribution is -2.40. The fourth-order valence-corrected chi connectivity index (χ4v) is 2.91. The van der Waals surface area contributed by atoms with E-state index in [-0.39, 0.29) is 0 Å². The van der Waals surface area contributed by atoms with E-state index in [1.54, 1.807) is 7.11 Å². The third-order valence-electron chi connectivity index (χ3n) is 4.24. The molecule has 0 saturated heterocycles. The number of ether oxygens (including phenoxy) is 1. The molecule has 1 aliphatic carbocycles. The molecular formula is C17H27NO2. The number of hydrogen-bond donors (Lipinski definition) is 2. The zero-order valence-electron chi connectivity index (χ0n) is 12.5. The first-order valence-corrected chi connectivity index (χ1v) is 7.78. The van der Waals surface area contributed by atoms with Crippen LogP contribution in [0, 0.1) is 0 Å². The molecule has 0 amide bonds. The largest absolute Gasteiger partial charge is 0.497 e. The summed E-state index contributed by atoms with van der Waals surface area (Å²) in [6.07, 6.45) is 7.75. The fraction of sp³-hybridized carbons (Fsp3) is 0.647. The van der Waals surface area contributed by atoms with Gasteiger partial charge in [-0.25, -0.2) is 0 Å². The molecular weight excluding hydrogens is 250 g/mol. The Hall–Kier alpha value is -1.06. The SMILES string of the molecule is COc1ccc(CCNCC2(O)CCCCCC2)cc1. The Morgan fingerprint density at radius 2 is 1.75 bits per heavy atom. The van der Waals surface area contributed by atoms with E-state index in [9.17, 15) is 5.11 Å². The number of rotatable bonds is 6. The van der Waals surface area contributed by atoms with Crippen molar-refractivity contribution >= 4 is 0 Å². The number of benzene rings is 1. The van der Waals surface area contributed by atoms with Gasteiger partial charge in [0.25, 0.3) is 0 Å². The van der Waals surface area contributed by atoms with Crippen LogP contribution in [0.2, 0.25) is 0 Å². The predicted octanol–water partition coefficient (Wildman–Crippen LogP) is 2.91. The molecule has 0 spiro atoms. The molecule has 1 saturated carbocycles. The first-order chi connectivity index (χ1) is 9.72. The highest BCUT2D eigenvalue weighted by Crippen LogP contribution is 2.26. The molecule has 3 heteroatoms. The third-order valence-corrected chi connectivity index (χ3v) is 4.24. The lowest BCUT2D eigenvalue weighted by molar-refractivity contribution is 0.0256. The summed E-state index contributed by atoms with van der Waals surface area (Å²) in [6, 6.07) is 8.18. The average Bonchev–Trinajstić information content (AvgIpc) is 2.69. The number of aliphatic hydroxyl groups is 1. The molecule has 0 bridgehead atoms. The zero-order chi connectivity index (χ0) is 14.3. The van der Waals surface area contributed by atoms with E-state index in [1.165, 1.54) is 18.4 Å². The molecule has 1 aromatic carbocycles. The van der Waals surface area contributed by atoms with Gasteiger partial charge in [-0.3, -0.25) is 0 Å². The minimum absolute atomic E-state index is 0.476. The van der Waals surface area contributed by atoms with Crippen molar-refractivity contribution in [2.75, 3.05) is 20.2 Å². The Morgan fingerprint density at radius 1 is 1.10 bits per heavy atom. The topological polar surface area (TPSA) is 41.5 Å². The van der Waals surface area contributed by atoms with Crippen LogP contribution < -0.4 is 10.1 Å². The van der Waals surface area contributed by atoms with Crippen molar-refractivity contribution in [3.63, 3.8) is 0 Å². The predicted molar refractivity (Wildman–Crippen MR) is 82.2 cm³/mol. The molecule has 0 unspecified atom stereocenters. The summed E-state index contributed by atoms with van der Waals surface area (Å²) in [5.74, 6) is 0.898. The third kappa shape index (κ3) is 4.80. The van der Waals surface area contributed by atoms with E-state index in [1.807, 2.05) is 12.1 Å². The van der Waals surface area contributed by atoms with Crippen molar-refractivity contribution in [2.45, 2.75) is 50.5 Å². The molecule has 0 atom stereocenters. The van der Waals surface area contributed by atoms with E-state index in [2.05, 4.69) is 17.4 Å². The highest BCUT2D eigenvalue weighted by atomic mass is 16.5. The quantitative estimate of drug-likeness (QED) is 0.620. The first-order valence-electron chi connectivity index (χ1n) is 7.78. The Morgan fingerprint density at radius 3 is 2.35 bits per heavy atom. The van der Waals surface area contributed by atoms with Gasteiger partial charge >= 0.3 is 0 Å². The maximum Gasteiger partial charge on any atom is 0.118 e. The highest BCUT2D eigenvalue weighted by Gasteiger charge is 2.27. The first kappa shape index (κ1) is 15.3. The van der Waals surface area contributed by atoms with Crippen LogP contribution in [-0.4, -0.2) is 30.9 Å². The van der Waals surface area contributed by atoms with Crippen LogP contribution in [0.5, 0.6) is 5.75 Å². The number of hydrogen-bond acceptors (Lipinski definition) is 3. The Balaban J connectivity index is 1.69. The molecule has 2 N–H and O–H groups in total. The Labute approximate surface area is 122 Å². The van der Waals surface area contributed by atoms with Gasteiger partial charge in [-0.2, -0.15) is 0 Å². The van der Waals surface area contributed by atoms with E-state index in [4.69, 9.17) is 4.74 Å². The monoisotopic (exact) mass is 277 g/mol. The average molecular weight is 277 g/mol. The van der Waals surface area contributed by atoms with E-state index < -0.39 is 5.60 Å². The number of nitrogens with one attached hydrogen (secondary N) is 1. The van der Waals surface area contributed by atoms with E-state index in [0.717, 1.165) is 50.9 Å². The van der Waals surface area contributed by atoms with Crippen molar-refractivity contribution < 1.29 is 9.84 Å².